The van der Waals surface area contributed by atoms with E-state index in [-0.39, 0.29) is 30.5 Å². The lowest BCUT2D eigenvalue weighted by Crippen LogP contribution is -2.54. The number of benzene rings is 2. The Balaban J connectivity index is 1.42. The predicted octanol–water partition coefficient (Wildman–Crippen LogP) is 2.86. The van der Waals surface area contributed by atoms with Gasteiger partial charge in [0, 0.05) is 43.5 Å². The first-order valence-electron chi connectivity index (χ1n) is 9.98. The molecule has 0 spiro atoms. The van der Waals surface area contributed by atoms with Gasteiger partial charge in [0.25, 0.3) is 0 Å². The van der Waals surface area contributed by atoms with Gasteiger partial charge in [-0.1, -0.05) is 24.3 Å². The summed E-state index contributed by atoms with van der Waals surface area (Å²) >= 11 is 0. The maximum Gasteiger partial charge on any atom is 0.317 e. The van der Waals surface area contributed by atoms with Crippen molar-refractivity contribution in [3.63, 3.8) is 0 Å². The Kier molecular flexibility index (Phi) is 7.35. The molecule has 30 heavy (non-hydrogen) atoms. The first-order valence-corrected chi connectivity index (χ1v) is 9.98. The fourth-order valence-electron chi connectivity index (χ4n) is 3.42. The molecule has 0 radical (unpaired) electrons. The SMILES string of the molecule is CC(Cc1c(F)cccc1F)NC(=O)N1CCN(CC(=O)Nc2ccccc2)CC1. The van der Waals surface area contributed by atoms with E-state index in [1.165, 1.54) is 18.2 Å². The monoisotopic (exact) mass is 416 g/mol. The second-order valence-corrected chi connectivity index (χ2v) is 7.43. The zero-order valence-electron chi connectivity index (χ0n) is 16.9. The number of nitrogens with one attached hydrogen (secondary N) is 2. The largest absolute Gasteiger partial charge is 0.335 e. The van der Waals surface area contributed by atoms with Crippen molar-refractivity contribution in [2.75, 3.05) is 38.0 Å². The summed E-state index contributed by atoms with van der Waals surface area (Å²) in [4.78, 5) is 28.3. The van der Waals surface area contributed by atoms with Gasteiger partial charge >= 0.3 is 6.03 Å². The topological polar surface area (TPSA) is 64.7 Å². The molecular weight excluding hydrogens is 390 g/mol. The molecule has 6 nitrogen and oxygen atoms in total. The van der Waals surface area contributed by atoms with Crippen LogP contribution >= 0.6 is 0 Å². The molecule has 3 rings (SSSR count). The number of rotatable bonds is 6. The Bertz CT molecular complexity index is 850. The number of amides is 3. The Hall–Kier alpha value is -3.00. The number of carbonyl (C=O) groups is 2. The van der Waals surface area contributed by atoms with Crippen LogP contribution in [0.3, 0.4) is 0 Å². The number of para-hydroxylation sites is 1. The van der Waals surface area contributed by atoms with Crippen LogP contribution in [0, 0.1) is 11.6 Å². The van der Waals surface area contributed by atoms with Crippen LogP contribution in [0.15, 0.2) is 48.5 Å². The number of hydrogen-bond donors (Lipinski definition) is 2. The number of urea groups is 1. The minimum atomic E-state index is -0.613. The summed E-state index contributed by atoms with van der Waals surface area (Å²) in [5.74, 6) is -1.32. The molecule has 1 aliphatic rings. The Morgan fingerprint density at radius 2 is 1.60 bits per heavy atom. The normalized spacial score (nSPS) is 15.5. The molecule has 0 bridgehead atoms. The summed E-state index contributed by atoms with van der Waals surface area (Å²) in [6.07, 6.45) is 0.0733. The molecule has 160 valence electrons. The number of halogens is 2. The third-order valence-corrected chi connectivity index (χ3v) is 5.03. The van der Waals surface area contributed by atoms with Crippen LogP contribution in [-0.2, 0) is 11.2 Å². The third-order valence-electron chi connectivity index (χ3n) is 5.03. The molecule has 3 amide bonds. The summed E-state index contributed by atoms with van der Waals surface area (Å²) in [6, 6.07) is 12.3. The fraction of sp³-hybridized carbons (Fsp3) is 0.364. The first-order chi connectivity index (χ1) is 14.4. The molecule has 1 atom stereocenters. The van der Waals surface area contributed by atoms with Crippen LogP contribution in [0.2, 0.25) is 0 Å². The van der Waals surface area contributed by atoms with E-state index >= 15 is 0 Å². The van der Waals surface area contributed by atoms with Crippen molar-refractivity contribution in [1.29, 1.82) is 0 Å². The van der Waals surface area contributed by atoms with Gasteiger partial charge in [0.15, 0.2) is 0 Å². The maximum atomic E-state index is 13.8. The Labute approximate surface area is 174 Å². The van der Waals surface area contributed by atoms with E-state index in [2.05, 4.69) is 10.6 Å². The maximum absolute atomic E-state index is 13.8. The summed E-state index contributed by atoms with van der Waals surface area (Å²) in [6.45, 7) is 4.08. The van der Waals surface area contributed by atoms with Crippen molar-refractivity contribution < 1.29 is 18.4 Å². The molecule has 0 aliphatic carbocycles. The van der Waals surface area contributed by atoms with E-state index in [1.54, 1.807) is 11.8 Å². The van der Waals surface area contributed by atoms with Crippen molar-refractivity contribution in [2.45, 2.75) is 19.4 Å². The molecule has 0 aromatic heterocycles. The number of anilines is 1. The van der Waals surface area contributed by atoms with Crippen LogP contribution in [0.5, 0.6) is 0 Å². The van der Waals surface area contributed by atoms with Crippen LogP contribution in [0.4, 0.5) is 19.3 Å². The lowest BCUT2D eigenvalue weighted by Gasteiger charge is -2.35. The molecule has 1 heterocycles. The van der Waals surface area contributed by atoms with Crippen LogP contribution in [0.1, 0.15) is 12.5 Å². The van der Waals surface area contributed by atoms with Gasteiger partial charge in [-0.15, -0.1) is 0 Å². The van der Waals surface area contributed by atoms with Gasteiger partial charge in [-0.25, -0.2) is 13.6 Å². The molecular formula is C22H26F2N4O2. The quantitative estimate of drug-likeness (QED) is 0.761. The third kappa shape index (κ3) is 6.00. The van der Waals surface area contributed by atoms with E-state index < -0.39 is 17.7 Å². The van der Waals surface area contributed by atoms with Gasteiger partial charge in [-0.3, -0.25) is 9.69 Å². The van der Waals surface area contributed by atoms with Gasteiger partial charge in [0.2, 0.25) is 5.91 Å². The predicted molar refractivity (Wildman–Crippen MR) is 111 cm³/mol. The first kappa shape index (κ1) is 21.7. The smallest absolute Gasteiger partial charge is 0.317 e. The van der Waals surface area contributed by atoms with Crippen LogP contribution < -0.4 is 10.6 Å². The number of nitrogens with zero attached hydrogens (tertiary/aromatic N) is 2. The number of carbonyl (C=O) groups excluding carboxylic acids is 2. The van der Waals surface area contributed by atoms with Gasteiger partial charge in [0.1, 0.15) is 11.6 Å². The summed E-state index contributed by atoms with van der Waals surface area (Å²) in [5, 5.41) is 5.64. The number of piperazine rings is 1. The van der Waals surface area contributed by atoms with Crippen LogP contribution in [-0.4, -0.2) is 60.5 Å². The molecule has 2 aromatic rings. The molecule has 1 fully saturated rings. The molecule has 8 heteroatoms. The van der Waals surface area contributed by atoms with Crippen molar-refractivity contribution in [2.24, 2.45) is 0 Å². The average molecular weight is 416 g/mol. The molecule has 1 saturated heterocycles. The van der Waals surface area contributed by atoms with Crippen molar-refractivity contribution in [3.8, 4) is 0 Å². The van der Waals surface area contributed by atoms with Crippen LogP contribution in [0.25, 0.3) is 0 Å². The highest BCUT2D eigenvalue weighted by atomic mass is 19.1. The second kappa shape index (κ2) is 10.2. The fourth-order valence-corrected chi connectivity index (χ4v) is 3.42. The van der Waals surface area contributed by atoms with Crippen molar-refractivity contribution in [1.82, 2.24) is 15.1 Å². The highest BCUT2D eigenvalue weighted by Gasteiger charge is 2.24. The minimum Gasteiger partial charge on any atom is -0.335 e. The minimum absolute atomic E-state index is 0.0282. The Morgan fingerprint density at radius 1 is 0.967 bits per heavy atom. The molecule has 2 aromatic carbocycles. The van der Waals surface area contributed by atoms with Gasteiger partial charge in [0.05, 0.1) is 6.54 Å². The zero-order valence-corrected chi connectivity index (χ0v) is 16.9. The average Bonchev–Trinajstić information content (AvgIpc) is 2.72. The van der Waals surface area contributed by atoms with E-state index in [1.807, 2.05) is 35.2 Å². The summed E-state index contributed by atoms with van der Waals surface area (Å²) in [7, 11) is 0. The molecule has 1 unspecified atom stereocenters. The lowest BCUT2D eigenvalue weighted by atomic mass is 10.1. The second-order valence-electron chi connectivity index (χ2n) is 7.43. The highest BCUT2D eigenvalue weighted by molar-refractivity contribution is 5.92. The molecule has 2 N–H and O–H groups in total. The standard InChI is InChI=1S/C22H26F2N4O2/c1-16(14-18-19(23)8-5-9-20(18)24)25-22(30)28-12-10-27(11-13-28)15-21(29)26-17-6-3-2-4-7-17/h2-9,16H,10-15H2,1H3,(H,25,30)(H,26,29). The van der Waals surface area contributed by atoms with E-state index in [0.29, 0.717) is 26.2 Å². The molecule has 0 saturated carbocycles. The van der Waals surface area contributed by atoms with Gasteiger partial charge in [-0.05, 0) is 37.6 Å². The van der Waals surface area contributed by atoms with E-state index in [0.717, 1.165) is 5.69 Å². The van der Waals surface area contributed by atoms with E-state index in [4.69, 9.17) is 0 Å². The highest BCUT2D eigenvalue weighted by Crippen LogP contribution is 2.14. The van der Waals surface area contributed by atoms with Crippen molar-refractivity contribution >= 4 is 17.6 Å². The Morgan fingerprint density at radius 3 is 2.23 bits per heavy atom. The van der Waals surface area contributed by atoms with Gasteiger partial charge in [-0.2, -0.15) is 0 Å². The zero-order chi connectivity index (χ0) is 21.5. The summed E-state index contributed by atoms with van der Waals surface area (Å²) in [5.41, 5.74) is 0.723. The number of hydrogen-bond acceptors (Lipinski definition) is 3. The van der Waals surface area contributed by atoms with Crippen molar-refractivity contribution in [3.05, 3.63) is 65.7 Å². The molecule has 1 aliphatic heterocycles. The summed E-state index contributed by atoms with van der Waals surface area (Å²) < 4.78 is 27.6. The lowest BCUT2D eigenvalue weighted by molar-refractivity contribution is -0.117. The van der Waals surface area contributed by atoms with Gasteiger partial charge < -0.3 is 15.5 Å². The van der Waals surface area contributed by atoms with E-state index in [9.17, 15) is 18.4 Å².